The minimum atomic E-state index is -1.82. The van der Waals surface area contributed by atoms with Gasteiger partial charge in [-0.2, -0.15) is 0 Å². The molecule has 0 radical (unpaired) electrons. The summed E-state index contributed by atoms with van der Waals surface area (Å²) in [5.41, 5.74) is 1.50. The van der Waals surface area contributed by atoms with E-state index < -0.39 is 40.1 Å². The van der Waals surface area contributed by atoms with Gasteiger partial charge in [0.15, 0.2) is 0 Å². The van der Waals surface area contributed by atoms with Crippen molar-refractivity contribution in [2.24, 2.45) is 23.2 Å². The van der Waals surface area contributed by atoms with Gasteiger partial charge in [-0.15, -0.1) is 11.3 Å². The number of hydrogen-bond donors (Lipinski definition) is 2. The minimum Gasteiger partial charge on any atom is -0.430 e. The lowest BCUT2D eigenvalue weighted by molar-refractivity contribution is -0.143. The Hall–Kier alpha value is -1.91. The van der Waals surface area contributed by atoms with E-state index in [1.807, 2.05) is 51.3 Å². The molecule has 2 heterocycles. The molecule has 0 saturated heterocycles. The number of aromatic nitrogens is 1. The molecule has 1 unspecified atom stereocenters. The number of amides is 1. The maximum absolute atomic E-state index is 13.7. The molecule has 0 aliphatic carbocycles. The highest BCUT2D eigenvalue weighted by Crippen LogP contribution is 2.33. The topological polar surface area (TPSA) is 115 Å². The summed E-state index contributed by atoms with van der Waals surface area (Å²) in [5.74, 6) is -2.04. The predicted octanol–water partition coefficient (Wildman–Crippen LogP) is 7.00. The van der Waals surface area contributed by atoms with E-state index in [0.29, 0.717) is 13.0 Å². The fourth-order valence-electron chi connectivity index (χ4n) is 4.74. The van der Waals surface area contributed by atoms with Crippen LogP contribution in [0, 0.1) is 30.1 Å². The summed E-state index contributed by atoms with van der Waals surface area (Å²) in [6.45, 7) is 12.3. The number of aryl methyl sites for hydroxylation is 1. The number of Topliss-reactive ketones (excluding diaryl/α,β-unsaturated/α-hetero) is 1. The number of hydrogen-bond acceptors (Lipinski definition) is 8. The largest absolute Gasteiger partial charge is 0.508 e. The quantitative estimate of drug-likeness (QED) is 0.263. The van der Waals surface area contributed by atoms with Gasteiger partial charge in [-0.1, -0.05) is 91.9 Å². The Balaban J connectivity index is 2.42. The number of ketones is 1. The maximum atomic E-state index is 13.7. The lowest BCUT2D eigenvalue weighted by Gasteiger charge is -2.35. The van der Waals surface area contributed by atoms with Gasteiger partial charge in [0, 0.05) is 17.8 Å². The molecule has 12 heteroatoms. The zero-order chi connectivity index (χ0) is 31.8. The van der Waals surface area contributed by atoms with Gasteiger partial charge in [0.25, 0.3) is 0 Å². The predicted molar refractivity (Wildman–Crippen MR) is 169 cm³/mol. The monoisotopic (exact) mass is 662 g/mol. The first-order valence-corrected chi connectivity index (χ1v) is 15.8. The molecule has 42 heavy (non-hydrogen) atoms. The van der Waals surface area contributed by atoms with Crippen LogP contribution in [-0.2, 0) is 19.1 Å². The van der Waals surface area contributed by atoms with Crippen LogP contribution in [0.25, 0.3) is 6.08 Å². The Morgan fingerprint density at radius 1 is 1.26 bits per heavy atom. The van der Waals surface area contributed by atoms with Crippen molar-refractivity contribution in [1.29, 1.82) is 0 Å². The summed E-state index contributed by atoms with van der Waals surface area (Å²) >= 11 is 18.6. The number of thiazole rings is 1. The van der Waals surface area contributed by atoms with E-state index >= 15 is 0 Å². The Morgan fingerprint density at radius 3 is 2.52 bits per heavy atom. The van der Waals surface area contributed by atoms with Crippen LogP contribution in [0.2, 0.25) is 0 Å². The van der Waals surface area contributed by atoms with Gasteiger partial charge >= 0.3 is 6.16 Å². The second-order valence-electron chi connectivity index (χ2n) is 11.4. The molecule has 1 aliphatic heterocycles. The van der Waals surface area contributed by atoms with Crippen molar-refractivity contribution < 1.29 is 29.0 Å². The first kappa shape index (κ1) is 36.3. The van der Waals surface area contributed by atoms with Crippen LogP contribution < -0.4 is 5.32 Å². The number of nitrogens with zero attached hydrogens (tertiary/aromatic N) is 1. The Bertz CT molecular complexity index is 1200. The second-order valence-corrected chi connectivity index (χ2v) is 15.0. The SMILES string of the molecule is CC1=CC(C(C)=Cc2csc(C)n2)CNC(=O)C[C@H](O)C(C)(C)C(=O)[C@H](C)[C@@H](OC(=O)OCC(Cl)(Cl)Cl)[C@@H](C)CC=C1. The Kier molecular flexibility index (Phi) is 13.6. The number of allylic oxidation sites excluding steroid dienone is 3. The number of rotatable bonds is 4. The average Bonchev–Trinajstić information content (AvgIpc) is 3.30. The molecule has 1 aromatic heterocycles. The van der Waals surface area contributed by atoms with Crippen LogP contribution in [0.4, 0.5) is 4.79 Å². The molecule has 0 fully saturated rings. The Morgan fingerprint density at radius 2 is 1.93 bits per heavy atom. The molecule has 0 aromatic carbocycles. The first-order valence-electron chi connectivity index (χ1n) is 13.7. The zero-order valence-corrected chi connectivity index (χ0v) is 28.2. The van der Waals surface area contributed by atoms with E-state index in [0.717, 1.165) is 21.8 Å². The third-order valence-electron chi connectivity index (χ3n) is 7.37. The molecule has 5 atom stereocenters. The van der Waals surface area contributed by atoms with Crippen molar-refractivity contribution in [2.45, 2.75) is 77.3 Å². The highest BCUT2D eigenvalue weighted by molar-refractivity contribution is 7.09. The molecule has 234 valence electrons. The Labute approximate surface area is 267 Å². The van der Waals surface area contributed by atoms with Gasteiger partial charge < -0.3 is 19.9 Å². The van der Waals surface area contributed by atoms with Gasteiger partial charge in [-0.05, 0) is 39.2 Å². The molecular formula is C30H41Cl3N2O6S. The third-order valence-corrected chi connectivity index (χ3v) is 8.49. The number of alkyl halides is 3. The fraction of sp³-hybridized carbons (Fsp3) is 0.600. The van der Waals surface area contributed by atoms with E-state index in [4.69, 9.17) is 44.3 Å². The normalized spacial score (nSPS) is 26.8. The average molecular weight is 664 g/mol. The van der Waals surface area contributed by atoms with E-state index in [1.165, 1.54) is 0 Å². The first-order chi connectivity index (χ1) is 19.4. The van der Waals surface area contributed by atoms with Crippen LogP contribution in [0.1, 0.15) is 65.1 Å². The van der Waals surface area contributed by atoms with Crippen LogP contribution in [0.15, 0.2) is 34.8 Å². The van der Waals surface area contributed by atoms with Crippen molar-refractivity contribution in [3.05, 3.63) is 45.5 Å². The summed E-state index contributed by atoms with van der Waals surface area (Å²) in [7, 11) is 0. The highest BCUT2D eigenvalue weighted by Gasteiger charge is 2.43. The van der Waals surface area contributed by atoms with Crippen LogP contribution in [0.5, 0.6) is 0 Å². The number of halogens is 3. The molecule has 0 spiro atoms. The number of carbonyl (C=O) groups is 3. The van der Waals surface area contributed by atoms with Crippen LogP contribution >= 0.6 is 46.1 Å². The summed E-state index contributed by atoms with van der Waals surface area (Å²) in [4.78, 5) is 43.6. The van der Waals surface area contributed by atoms with Gasteiger partial charge in [0.2, 0.25) is 9.70 Å². The van der Waals surface area contributed by atoms with Crippen LogP contribution in [0.3, 0.4) is 0 Å². The number of aliphatic hydroxyl groups is 1. The van der Waals surface area contributed by atoms with Crippen LogP contribution in [-0.4, -0.2) is 57.1 Å². The number of nitrogens with one attached hydrogen (secondary N) is 1. The summed E-state index contributed by atoms with van der Waals surface area (Å²) < 4.78 is 8.72. The molecule has 2 rings (SSSR count). The van der Waals surface area contributed by atoms with Crippen molar-refractivity contribution in [3.8, 4) is 0 Å². The van der Waals surface area contributed by atoms with Crippen molar-refractivity contribution in [3.63, 3.8) is 0 Å². The third kappa shape index (κ3) is 11.3. The molecule has 8 nitrogen and oxygen atoms in total. The molecule has 1 aromatic rings. The second kappa shape index (κ2) is 15.7. The van der Waals surface area contributed by atoms with Crippen molar-refractivity contribution >= 4 is 70.1 Å². The molecule has 2 N–H and O–H groups in total. The lowest BCUT2D eigenvalue weighted by Crippen LogP contribution is -2.47. The van der Waals surface area contributed by atoms with Gasteiger partial charge in [-0.3, -0.25) is 9.59 Å². The number of aliphatic hydroxyl groups excluding tert-OH is 1. The zero-order valence-electron chi connectivity index (χ0n) is 25.1. The highest BCUT2D eigenvalue weighted by atomic mass is 35.6. The molecule has 0 bridgehead atoms. The molecule has 1 aliphatic rings. The molecule has 1 amide bonds. The smallest absolute Gasteiger partial charge is 0.430 e. The standard InChI is InChI=1S/C30H41Cl3N2O6S/c1-17-9-8-10-18(2)26(41-28(39)40-16-30(31,32)33)20(4)27(38)29(6,7)24(36)13-25(37)34-14-22(11-17)19(3)12-23-15-42-21(5)35-23/h8-9,11-12,15,18,20,22,24,26,36H,10,13-14,16H2,1-7H3,(H,34,37)/t18-,20+,22?,24-,26-/m0/s1. The van der Waals surface area contributed by atoms with E-state index in [1.54, 1.807) is 32.1 Å². The number of carbonyl (C=O) groups excluding carboxylic acids is 3. The fourth-order valence-corrected chi connectivity index (χ4v) is 5.47. The lowest BCUT2D eigenvalue weighted by atomic mass is 9.73. The summed E-state index contributed by atoms with van der Waals surface area (Å²) in [6.07, 6.45) is 4.88. The molecular weight excluding hydrogens is 623 g/mol. The maximum Gasteiger partial charge on any atom is 0.508 e. The molecule has 0 saturated carbocycles. The van der Waals surface area contributed by atoms with Crippen molar-refractivity contribution in [2.75, 3.05) is 13.2 Å². The summed E-state index contributed by atoms with van der Waals surface area (Å²) in [5, 5.41) is 16.9. The minimum absolute atomic E-state index is 0.137. The summed E-state index contributed by atoms with van der Waals surface area (Å²) in [6, 6.07) is 0. The van der Waals surface area contributed by atoms with Gasteiger partial charge in [0.05, 0.1) is 34.6 Å². The van der Waals surface area contributed by atoms with Gasteiger partial charge in [0.1, 0.15) is 18.5 Å². The number of ether oxygens (including phenoxy) is 2. The van der Waals surface area contributed by atoms with E-state index in [9.17, 15) is 19.5 Å². The van der Waals surface area contributed by atoms with Crippen molar-refractivity contribution in [1.82, 2.24) is 10.3 Å². The van der Waals surface area contributed by atoms with Gasteiger partial charge in [-0.25, -0.2) is 9.78 Å². The van der Waals surface area contributed by atoms with E-state index in [-0.39, 0.29) is 29.9 Å². The van der Waals surface area contributed by atoms with E-state index in [2.05, 4.69) is 16.4 Å².